The van der Waals surface area contributed by atoms with Crippen LogP contribution < -0.4 is 0 Å². The first kappa shape index (κ1) is 14.2. The minimum atomic E-state index is -0.439. The fourth-order valence-electron chi connectivity index (χ4n) is 1.43. The van der Waals surface area contributed by atoms with E-state index in [0.717, 1.165) is 0 Å². The van der Waals surface area contributed by atoms with Gasteiger partial charge in [0.2, 0.25) is 5.91 Å². The molecule has 1 aromatic rings. The molecule has 0 atom stereocenters. The standard InChI is InChI=1S/C12H18N2O4/c1-13(2)11(15)8-14(3)7-10-9(5-6-18-10)12(16)17-4/h5-6H,7-8H2,1-4H3. The number of hydrogen-bond donors (Lipinski definition) is 0. The number of carbonyl (C=O) groups is 2. The Labute approximate surface area is 106 Å². The number of carbonyl (C=O) groups excluding carboxylic acids is 2. The van der Waals surface area contributed by atoms with E-state index in [4.69, 9.17) is 4.42 Å². The molecule has 0 unspecified atom stereocenters. The maximum Gasteiger partial charge on any atom is 0.341 e. The van der Waals surface area contributed by atoms with Crippen molar-refractivity contribution in [2.45, 2.75) is 6.54 Å². The Morgan fingerprint density at radius 2 is 2.00 bits per heavy atom. The van der Waals surface area contributed by atoms with Crippen LogP contribution in [0.4, 0.5) is 0 Å². The quantitative estimate of drug-likeness (QED) is 0.719. The zero-order chi connectivity index (χ0) is 13.7. The minimum absolute atomic E-state index is 0.0105. The first-order valence-electron chi connectivity index (χ1n) is 5.49. The smallest absolute Gasteiger partial charge is 0.341 e. The van der Waals surface area contributed by atoms with Crippen LogP contribution in [-0.4, -0.2) is 56.5 Å². The molecule has 0 aromatic carbocycles. The highest BCUT2D eigenvalue weighted by atomic mass is 16.5. The average molecular weight is 254 g/mol. The van der Waals surface area contributed by atoms with Gasteiger partial charge in [0.15, 0.2) is 0 Å². The van der Waals surface area contributed by atoms with Gasteiger partial charge in [-0.15, -0.1) is 0 Å². The van der Waals surface area contributed by atoms with Crippen LogP contribution in [0.2, 0.25) is 0 Å². The Morgan fingerprint density at radius 1 is 1.33 bits per heavy atom. The van der Waals surface area contributed by atoms with Crippen molar-refractivity contribution in [1.29, 1.82) is 0 Å². The Morgan fingerprint density at radius 3 is 2.56 bits per heavy atom. The van der Waals surface area contributed by atoms with E-state index in [2.05, 4.69) is 4.74 Å². The predicted molar refractivity (Wildman–Crippen MR) is 65.1 cm³/mol. The number of esters is 1. The van der Waals surface area contributed by atoms with Gasteiger partial charge in [-0.2, -0.15) is 0 Å². The third-order valence-electron chi connectivity index (χ3n) is 2.47. The van der Waals surface area contributed by atoms with Gasteiger partial charge in [-0.25, -0.2) is 4.79 Å². The molecule has 0 saturated carbocycles. The molecule has 0 aliphatic heterocycles. The summed E-state index contributed by atoms with van der Waals surface area (Å²) in [5.41, 5.74) is 0.390. The van der Waals surface area contributed by atoms with Crippen molar-refractivity contribution in [3.05, 3.63) is 23.7 Å². The summed E-state index contributed by atoms with van der Waals surface area (Å²) in [5.74, 6) is 0.0469. The second-order valence-electron chi connectivity index (χ2n) is 4.21. The Bertz CT molecular complexity index is 425. The number of ether oxygens (including phenoxy) is 1. The van der Waals surface area contributed by atoms with Gasteiger partial charge in [-0.3, -0.25) is 9.69 Å². The second kappa shape index (κ2) is 6.20. The van der Waals surface area contributed by atoms with E-state index in [1.54, 1.807) is 32.1 Å². The number of furan rings is 1. The summed E-state index contributed by atoms with van der Waals surface area (Å²) >= 11 is 0. The second-order valence-corrected chi connectivity index (χ2v) is 4.21. The maximum atomic E-state index is 11.5. The molecule has 0 aliphatic rings. The molecule has 6 nitrogen and oxygen atoms in total. The molecule has 6 heteroatoms. The lowest BCUT2D eigenvalue weighted by molar-refractivity contribution is -0.129. The highest BCUT2D eigenvalue weighted by Gasteiger charge is 2.17. The summed E-state index contributed by atoms with van der Waals surface area (Å²) in [7, 11) is 6.50. The lowest BCUT2D eigenvalue weighted by Gasteiger charge is -2.18. The third kappa shape index (κ3) is 3.59. The maximum absolute atomic E-state index is 11.5. The van der Waals surface area contributed by atoms with Crippen LogP contribution in [0.15, 0.2) is 16.7 Å². The van der Waals surface area contributed by atoms with Crippen molar-refractivity contribution in [1.82, 2.24) is 9.80 Å². The third-order valence-corrected chi connectivity index (χ3v) is 2.47. The fraction of sp³-hybridized carbons (Fsp3) is 0.500. The van der Waals surface area contributed by atoms with Crippen molar-refractivity contribution in [2.24, 2.45) is 0 Å². The van der Waals surface area contributed by atoms with Crippen molar-refractivity contribution in [3.63, 3.8) is 0 Å². The molecular formula is C12H18N2O4. The molecule has 0 radical (unpaired) electrons. The molecule has 0 spiro atoms. The highest BCUT2D eigenvalue weighted by molar-refractivity contribution is 5.90. The molecule has 1 aromatic heterocycles. The number of amides is 1. The lowest BCUT2D eigenvalue weighted by Crippen LogP contribution is -2.34. The van der Waals surface area contributed by atoms with Crippen molar-refractivity contribution >= 4 is 11.9 Å². The van der Waals surface area contributed by atoms with Crippen LogP contribution in [-0.2, 0) is 16.1 Å². The van der Waals surface area contributed by atoms with Gasteiger partial charge in [-0.05, 0) is 13.1 Å². The van der Waals surface area contributed by atoms with Crippen LogP contribution >= 0.6 is 0 Å². The van der Waals surface area contributed by atoms with Gasteiger partial charge in [0.25, 0.3) is 0 Å². The van der Waals surface area contributed by atoms with E-state index < -0.39 is 5.97 Å². The summed E-state index contributed by atoms with van der Waals surface area (Å²) in [5, 5.41) is 0. The fourth-order valence-corrected chi connectivity index (χ4v) is 1.43. The number of rotatable bonds is 5. The topological polar surface area (TPSA) is 63.0 Å². The van der Waals surface area contributed by atoms with E-state index in [0.29, 0.717) is 17.9 Å². The molecule has 0 fully saturated rings. The zero-order valence-electron chi connectivity index (χ0n) is 11.1. The molecule has 0 bridgehead atoms. The van der Waals surface area contributed by atoms with Gasteiger partial charge in [0, 0.05) is 14.1 Å². The number of nitrogens with zero attached hydrogens (tertiary/aromatic N) is 2. The number of likely N-dealkylation sites (N-methyl/N-ethyl adjacent to an activating group) is 2. The summed E-state index contributed by atoms with van der Waals surface area (Å²) in [6, 6.07) is 1.56. The summed E-state index contributed by atoms with van der Waals surface area (Å²) < 4.78 is 9.88. The summed E-state index contributed by atoms with van der Waals surface area (Å²) in [6.45, 7) is 0.630. The number of methoxy groups -OCH3 is 1. The molecule has 1 heterocycles. The normalized spacial score (nSPS) is 10.5. The van der Waals surface area contributed by atoms with E-state index in [9.17, 15) is 9.59 Å². The van der Waals surface area contributed by atoms with E-state index >= 15 is 0 Å². The van der Waals surface area contributed by atoms with Crippen LogP contribution in [0.1, 0.15) is 16.1 Å². The minimum Gasteiger partial charge on any atom is -0.467 e. The molecule has 18 heavy (non-hydrogen) atoms. The van der Waals surface area contributed by atoms with E-state index in [1.165, 1.54) is 18.3 Å². The monoisotopic (exact) mass is 254 g/mol. The first-order chi connectivity index (χ1) is 8.45. The Hall–Kier alpha value is -1.82. The van der Waals surface area contributed by atoms with Crippen molar-refractivity contribution < 1.29 is 18.7 Å². The molecule has 0 aliphatic carbocycles. The Kier molecular flexibility index (Phi) is 4.91. The van der Waals surface area contributed by atoms with E-state index in [-0.39, 0.29) is 12.5 Å². The van der Waals surface area contributed by atoms with Gasteiger partial charge in [-0.1, -0.05) is 0 Å². The molecule has 0 saturated heterocycles. The highest BCUT2D eigenvalue weighted by Crippen LogP contribution is 2.13. The van der Waals surface area contributed by atoms with Crippen molar-refractivity contribution in [3.8, 4) is 0 Å². The largest absolute Gasteiger partial charge is 0.467 e. The molecule has 1 rings (SSSR count). The van der Waals surface area contributed by atoms with Crippen LogP contribution in [0.25, 0.3) is 0 Å². The lowest BCUT2D eigenvalue weighted by atomic mass is 10.2. The SMILES string of the molecule is COC(=O)c1ccoc1CN(C)CC(=O)N(C)C. The number of hydrogen-bond acceptors (Lipinski definition) is 5. The molecule has 0 N–H and O–H groups in total. The van der Waals surface area contributed by atoms with Crippen LogP contribution in [0.5, 0.6) is 0 Å². The summed E-state index contributed by atoms with van der Waals surface area (Å²) in [4.78, 5) is 26.2. The van der Waals surface area contributed by atoms with Gasteiger partial charge in [0.1, 0.15) is 11.3 Å². The molecule has 1 amide bonds. The molecule has 100 valence electrons. The first-order valence-corrected chi connectivity index (χ1v) is 5.49. The zero-order valence-corrected chi connectivity index (χ0v) is 11.1. The predicted octanol–water partition coefficient (Wildman–Crippen LogP) is 0.586. The van der Waals surface area contributed by atoms with E-state index in [1.807, 2.05) is 0 Å². The van der Waals surface area contributed by atoms with Crippen LogP contribution in [0, 0.1) is 0 Å². The van der Waals surface area contributed by atoms with Gasteiger partial charge >= 0.3 is 5.97 Å². The average Bonchev–Trinajstić information content (AvgIpc) is 2.75. The summed E-state index contributed by atoms with van der Waals surface area (Å²) in [6.07, 6.45) is 1.43. The van der Waals surface area contributed by atoms with Gasteiger partial charge in [0.05, 0.1) is 26.5 Å². The molecular weight excluding hydrogens is 236 g/mol. The van der Waals surface area contributed by atoms with Gasteiger partial charge < -0.3 is 14.1 Å². The Balaban J connectivity index is 2.65. The van der Waals surface area contributed by atoms with Crippen molar-refractivity contribution in [2.75, 3.05) is 34.8 Å². The van der Waals surface area contributed by atoms with Crippen LogP contribution in [0.3, 0.4) is 0 Å².